The van der Waals surface area contributed by atoms with Crippen LogP contribution in [0.25, 0.3) is 22.0 Å². The van der Waals surface area contributed by atoms with E-state index in [0.717, 1.165) is 33.3 Å². The standard InChI is InChI=1S/C43H43F3N10O4/c1-25-31(23-48-40-38(25)47-13-19-60-40)27-2-3-28-22-49-42(52-34(28)20-27)51-29-6-4-26(5-7-29)41(59)56-14-12-36(43(45,46)24-56)55-17-15-54(16-18-55)35-10-8-30(21-32(35)44)50-33-9-11-37(57)53-39(33)58/h2-8,10,20-23,33,36,47,50H,9,11-19,24H2,1H3,(H,49,51,52)(H,53,57,58). The lowest BCUT2D eigenvalue weighted by Crippen LogP contribution is -2.62. The molecular formula is C43H43F3N10O4. The van der Waals surface area contributed by atoms with Gasteiger partial charge in [0.15, 0.2) is 0 Å². The first kappa shape index (κ1) is 39.0. The summed E-state index contributed by atoms with van der Waals surface area (Å²) >= 11 is 0. The first-order chi connectivity index (χ1) is 29.0. The second kappa shape index (κ2) is 15.9. The Bertz CT molecular complexity index is 2480. The molecule has 0 radical (unpaired) electrons. The number of piperazine rings is 1. The van der Waals surface area contributed by atoms with Crippen molar-refractivity contribution in [3.05, 3.63) is 90.0 Å². The number of aromatic nitrogens is 3. The van der Waals surface area contributed by atoms with E-state index in [4.69, 9.17) is 9.72 Å². The average Bonchev–Trinajstić information content (AvgIpc) is 3.24. The first-order valence-electron chi connectivity index (χ1n) is 20.1. The summed E-state index contributed by atoms with van der Waals surface area (Å²) in [4.78, 5) is 55.5. The van der Waals surface area contributed by atoms with Crippen LogP contribution in [0.5, 0.6) is 5.88 Å². The van der Waals surface area contributed by atoms with Crippen molar-refractivity contribution in [1.29, 1.82) is 0 Å². The van der Waals surface area contributed by atoms with Crippen molar-refractivity contribution < 1.29 is 32.3 Å². The van der Waals surface area contributed by atoms with Crippen LogP contribution in [0.1, 0.15) is 35.2 Å². The first-order valence-corrected chi connectivity index (χ1v) is 20.1. The zero-order valence-electron chi connectivity index (χ0n) is 32.8. The zero-order chi connectivity index (χ0) is 41.5. The third-order valence-corrected chi connectivity index (χ3v) is 11.7. The number of nitrogens with one attached hydrogen (secondary N) is 4. The molecule has 2 aromatic heterocycles. The number of amides is 3. The number of alkyl halides is 2. The third-order valence-electron chi connectivity index (χ3n) is 11.7. The highest BCUT2D eigenvalue weighted by Gasteiger charge is 2.49. The average molecular weight is 821 g/mol. The summed E-state index contributed by atoms with van der Waals surface area (Å²) in [6.45, 7) is 4.09. The molecule has 4 aliphatic heterocycles. The summed E-state index contributed by atoms with van der Waals surface area (Å²) < 4.78 is 52.5. The molecule has 14 nitrogen and oxygen atoms in total. The molecule has 60 heavy (non-hydrogen) atoms. The molecule has 3 saturated heterocycles. The number of halogens is 3. The molecule has 0 aliphatic carbocycles. The Morgan fingerprint density at radius 1 is 0.933 bits per heavy atom. The van der Waals surface area contributed by atoms with Crippen LogP contribution in [0.15, 0.2) is 73.1 Å². The predicted octanol–water partition coefficient (Wildman–Crippen LogP) is 5.58. The number of hydrogen-bond acceptors (Lipinski definition) is 12. The van der Waals surface area contributed by atoms with E-state index in [9.17, 15) is 14.4 Å². The number of anilines is 5. The maximum Gasteiger partial charge on any atom is 0.280 e. The summed E-state index contributed by atoms with van der Waals surface area (Å²) in [5, 5.41) is 12.7. The van der Waals surface area contributed by atoms with E-state index in [-0.39, 0.29) is 25.3 Å². The SMILES string of the molecule is Cc1c(-c2ccc3cnc(Nc4ccc(C(=O)N5CCC(N6CCN(c7ccc(NC8CCC(=O)NC8=O)cc7F)CC6)C(F)(F)C5)cc4)nc3c2)cnc2c1NCCO2. The van der Waals surface area contributed by atoms with Crippen molar-refractivity contribution in [3.63, 3.8) is 0 Å². The van der Waals surface area contributed by atoms with Gasteiger partial charge in [-0.05, 0) is 79.4 Å². The molecule has 0 saturated carbocycles. The van der Waals surface area contributed by atoms with Gasteiger partial charge in [0.2, 0.25) is 23.6 Å². The van der Waals surface area contributed by atoms with Gasteiger partial charge in [-0.25, -0.2) is 28.1 Å². The number of nitrogens with zero attached hydrogens (tertiary/aromatic N) is 6. The minimum Gasteiger partial charge on any atom is -0.474 e. The van der Waals surface area contributed by atoms with E-state index in [2.05, 4.69) is 31.2 Å². The van der Waals surface area contributed by atoms with Gasteiger partial charge in [-0.1, -0.05) is 12.1 Å². The maximum atomic E-state index is 15.8. The van der Waals surface area contributed by atoms with Crippen LogP contribution in [0.4, 0.5) is 41.9 Å². The minimum atomic E-state index is -3.15. The smallest absolute Gasteiger partial charge is 0.280 e. The molecule has 4 aliphatic rings. The van der Waals surface area contributed by atoms with Crippen LogP contribution in [-0.2, 0) is 9.59 Å². The number of carbonyl (C=O) groups excluding carboxylic acids is 3. The van der Waals surface area contributed by atoms with Crippen molar-refractivity contribution in [2.45, 2.75) is 44.2 Å². The monoisotopic (exact) mass is 820 g/mol. The molecular weight excluding hydrogens is 778 g/mol. The van der Waals surface area contributed by atoms with Crippen molar-refractivity contribution in [1.82, 2.24) is 30.1 Å². The van der Waals surface area contributed by atoms with Crippen LogP contribution in [0.3, 0.4) is 0 Å². The van der Waals surface area contributed by atoms with Crippen molar-refractivity contribution in [2.75, 3.05) is 73.3 Å². The van der Waals surface area contributed by atoms with Crippen LogP contribution in [0, 0.1) is 12.7 Å². The van der Waals surface area contributed by atoms with Crippen molar-refractivity contribution in [2.24, 2.45) is 0 Å². The fourth-order valence-corrected chi connectivity index (χ4v) is 8.48. The molecule has 3 fully saturated rings. The number of likely N-dealkylation sites (tertiary alicyclic amines) is 1. The number of ether oxygens (including phenoxy) is 1. The number of hydrogen-bond donors (Lipinski definition) is 4. The van der Waals surface area contributed by atoms with Crippen LogP contribution < -0.4 is 30.9 Å². The van der Waals surface area contributed by atoms with E-state index in [0.29, 0.717) is 80.2 Å². The van der Waals surface area contributed by atoms with Gasteiger partial charge in [-0.15, -0.1) is 0 Å². The number of piperidine rings is 2. The summed E-state index contributed by atoms with van der Waals surface area (Å²) in [7, 11) is 0. The largest absolute Gasteiger partial charge is 0.474 e. The van der Waals surface area contributed by atoms with Gasteiger partial charge in [0.25, 0.3) is 11.8 Å². The zero-order valence-corrected chi connectivity index (χ0v) is 32.8. The lowest BCUT2D eigenvalue weighted by molar-refractivity contribution is -0.133. The number of benzene rings is 3. The summed E-state index contributed by atoms with van der Waals surface area (Å²) in [6, 6.07) is 15.4. The number of pyridine rings is 1. The molecule has 310 valence electrons. The van der Waals surface area contributed by atoms with Gasteiger partial charge in [-0.3, -0.25) is 24.6 Å². The minimum absolute atomic E-state index is 0.0995. The topological polar surface area (TPSA) is 157 Å². The Morgan fingerprint density at radius 3 is 2.50 bits per heavy atom. The number of rotatable bonds is 8. The number of fused-ring (bicyclic) bond motifs is 2. The molecule has 6 heterocycles. The highest BCUT2D eigenvalue weighted by atomic mass is 19.3. The van der Waals surface area contributed by atoms with E-state index in [1.165, 1.54) is 11.0 Å². The quantitative estimate of drug-likeness (QED) is 0.145. The molecule has 0 spiro atoms. The molecule has 3 amide bonds. The summed E-state index contributed by atoms with van der Waals surface area (Å²) in [5.74, 6) is -3.95. The highest BCUT2D eigenvalue weighted by Crippen LogP contribution is 2.37. The fraction of sp³-hybridized carbons (Fsp3) is 0.349. The van der Waals surface area contributed by atoms with E-state index in [1.807, 2.05) is 30.0 Å². The van der Waals surface area contributed by atoms with Crippen LogP contribution in [-0.4, -0.2) is 113 Å². The van der Waals surface area contributed by atoms with Crippen LogP contribution in [0.2, 0.25) is 0 Å². The van der Waals surface area contributed by atoms with Gasteiger partial charge in [-0.2, -0.15) is 0 Å². The molecule has 2 unspecified atom stereocenters. The van der Waals surface area contributed by atoms with Gasteiger partial charge in [0.05, 0.1) is 23.8 Å². The molecule has 3 aromatic carbocycles. The maximum absolute atomic E-state index is 15.8. The Kier molecular flexibility index (Phi) is 10.4. The number of carbonyl (C=O) groups is 3. The molecule has 5 aromatic rings. The van der Waals surface area contributed by atoms with Crippen molar-refractivity contribution >= 4 is 57.3 Å². The van der Waals surface area contributed by atoms with E-state index < -0.39 is 42.2 Å². The van der Waals surface area contributed by atoms with Crippen molar-refractivity contribution in [3.8, 4) is 17.0 Å². The van der Waals surface area contributed by atoms with Gasteiger partial charge in [0, 0.05) is 86.0 Å². The van der Waals surface area contributed by atoms with E-state index >= 15 is 13.2 Å². The Morgan fingerprint density at radius 2 is 1.73 bits per heavy atom. The Labute approximate surface area is 343 Å². The molecule has 9 rings (SSSR count). The molecule has 4 N–H and O–H groups in total. The highest BCUT2D eigenvalue weighted by molar-refractivity contribution is 6.01. The second-order valence-corrected chi connectivity index (χ2v) is 15.6. The molecule has 2 atom stereocenters. The Hall–Kier alpha value is -6.49. The fourth-order valence-electron chi connectivity index (χ4n) is 8.48. The predicted molar refractivity (Wildman–Crippen MR) is 220 cm³/mol. The van der Waals surface area contributed by atoms with Gasteiger partial charge >= 0.3 is 0 Å². The van der Waals surface area contributed by atoms with E-state index in [1.54, 1.807) is 53.7 Å². The molecule has 0 bridgehead atoms. The molecule has 17 heteroatoms. The lowest BCUT2D eigenvalue weighted by Gasteiger charge is -2.46. The third kappa shape index (κ3) is 7.84. The lowest BCUT2D eigenvalue weighted by atomic mass is 9.97. The normalized spacial score (nSPS) is 20.5. The van der Waals surface area contributed by atoms with Gasteiger partial charge < -0.3 is 30.5 Å². The summed E-state index contributed by atoms with van der Waals surface area (Å²) in [6.07, 6.45) is 4.15. The Balaban J connectivity index is 0.789. The second-order valence-electron chi connectivity index (χ2n) is 15.6. The van der Waals surface area contributed by atoms with Gasteiger partial charge in [0.1, 0.15) is 24.2 Å². The summed E-state index contributed by atoms with van der Waals surface area (Å²) in [5.41, 5.74) is 6.24. The number of imide groups is 1. The van der Waals surface area contributed by atoms with Crippen LogP contribution >= 0.6 is 0 Å².